The van der Waals surface area contributed by atoms with Crippen molar-refractivity contribution in [2.45, 2.75) is 0 Å². The Morgan fingerprint density at radius 2 is 0.719 bits per heavy atom. The molecule has 0 fully saturated rings. The first-order valence-corrected chi connectivity index (χ1v) is 21.4. The van der Waals surface area contributed by atoms with Crippen LogP contribution >= 0.6 is 0 Å². The fourth-order valence-corrected chi connectivity index (χ4v) is 8.45. The summed E-state index contributed by atoms with van der Waals surface area (Å²) in [6.45, 7) is 0. The van der Waals surface area contributed by atoms with Crippen molar-refractivity contribution < 1.29 is 0 Å². The quantitative estimate of drug-likeness (QED) is 0.145. The lowest BCUT2D eigenvalue weighted by Crippen LogP contribution is -2.01. The van der Waals surface area contributed by atoms with E-state index in [-0.39, 0.29) is 0 Å². The molecule has 64 heavy (non-hydrogen) atoms. The minimum atomic E-state index is 0.596. The second-order valence-electron chi connectivity index (χ2n) is 15.7. The van der Waals surface area contributed by atoms with Gasteiger partial charge in [0, 0.05) is 39.6 Å². The van der Waals surface area contributed by atoms with E-state index in [2.05, 4.69) is 146 Å². The molecule has 0 aliphatic heterocycles. The zero-order valence-electron chi connectivity index (χ0n) is 34.8. The Labute approximate surface area is 372 Å². The number of aromatic nitrogens is 5. The van der Waals surface area contributed by atoms with Crippen LogP contribution in [0.2, 0.25) is 0 Å². The highest BCUT2D eigenvalue weighted by molar-refractivity contribution is 5.95. The lowest BCUT2D eigenvalue weighted by atomic mass is 9.88. The van der Waals surface area contributed by atoms with Crippen LogP contribution in [0.3, 0.4) is 0 Å². The van der Waals surface area contributed by atoms with Gasteiger partial charge in [-0.15, -0.1) is 0 Å². The maximum absolute atomic E-state index is 5.26. The number of fused-ring (bicyclic) bond motifs is 1. The molecule has 11 aromatic rings. The van der Waals surface area contributed by atoms with Gasteiger partial charge in [-0.2, -0.15) is 0 Å². The van der Waals surface area contributed by atoms with E-state index in [0.29, 0.717) is 17.5 Å². The third-order valence-electron chi connectivity index (χ3n) is 11.6. The lowest BCUT2D eigenvalue weighted by molar-refractivity contribution is 1.07. The average molecular weight is 818 g/mol. The number of pyridine rings is 2. The van der Waals surface area contributed by atoms with E-state index in [0.717, 1.165) is 83.8 Å². The smallest absolute Gasteiger partial charge is 0.164 e. The van der Waals surface area contributed by atoms with Gasteiger partial charge in [-0.25, -0.2) is 19.9 Å². The number of rotatable bonds is 9. The molecule has 3 aromatic heterocycles. The maximum atomic E-state index is 5.26. The summed E-state index contributed by atoms with van der Waals surface area (Å²) in [4.78, 5) is 25.4. The first-order chi connectivity index (χ1) is 31.7. The summed E-state index contributed by atoms with van der Waals surface area (Å²) in [5.74, 6) is 1.83. The molecule has 5 nitrogen and oxygen atoms in total. The van der Waals surface area contributed by atoms with Gasteiger partial charge in [0.05, 0.1) is 17.1 Å². The van der Waals surface area contributed by atoms with E-state index in [1.54, 1.807) is 0 Å². The molecular weight excluding hydrogens is 779 g/mol. The molecule has 5 heteroatoms. The van der Waals surface area contributed by atoms with Gasteiger partial charge in [0.15, 0.2) is 17.5 Å². The molecule has 3 heterocycles. The predicted molar refractivity (Wildman–Crippen MR) is 262 cm³/mol. The standard InChI is InChI=1S/C59H39N5/c1-4-19-41(20-5-1)55-38-47(39-56(61-55)46-32-31-40-18-10-11-25-44(40)36-46)49-27-13-12-26-48(49)45-33-34-51(53(37-45)54-30-16-17-35-60-54)50-28-14-15-29-52(50)59-63-57(42-21-6-2-7-22-42)62-58(64-59)43-23-8-3-9-24-43/h1-39H. The highest BCUT2D eigenvalue weighted by Gasteiger charge is 2.20. The van der Waals surface area contributed by atoms with E-state index in [4.69, 9.17) is 24.9 Å². The van der Waals surface area contributed by atoms with E-state index in [1.165, 1.54) is 10.8 Å². The Balaban J connectivity index is 1.07. The highest BCUT2D eigenvalue weighted by Crippen LogP contribution is 2.42. The molecule has 0 N–H and O–H groups in total. The average Bonchev–Trinajstić information content (AvgIpc) is 3.39. The summed E-state index contributed by atoms with van der Waals surface area (Å²) in [7, 11) is 0. The normalized spacial score (nSPS) is 11.1. The fraction of sp³-hybridized carbons (Fsp3) is 0. The van der Waals surface area contributed by atoms with Gasteiger partial charge in [-0.05, 0) is 80.6 Å². The predicted octanol–water partition coefficient (Wildman–Crippen LogP) is 14.8. The minimum Gasteiger partial charge on any atom is -0.256 e. The van der Waals surface area contributed by atoms with Crippen LogP contribution in [0.25, 0.3) is 112 Å². The van der Waals surface area contributed by atoms with E-state index >= 15 is 0 Å². The lowest BCUT2D eigenvalue weighted by Gasteiger charge is -2.18. The SMILES string of the molecule is c1ccc(-c2cc(-c3ccccc3-c3ccc(-c4ccccc4-c4nc(-c5ccccc5)nc(-c5ccccc5)n4)c(-c4ccccn4)c3)cc(-c3ccc4ccccc4c3)n2)cc1. The summed E-state index contributed by atoms with van der Waals surface area (Å²) in [6.07, 6.45) is 1.85. The number of benzene rings is 8. The molecule has 0 unspecified atom stereocenters. The second kappa shape index (κ2) is 17.0. The Bertz CT molecular complexity index is 3370. The first kappa shape index (κ1) is 38.3. The van der Waals surface area contributed by atoms with E-state index in [1.807, 2.05) is 91.1 Å². The van der Waals surface area contributed by atoms with Crippen molar-refractivity contribution >= 4 is 10.8 Å². The van der Waals surface area contributed by atoms with Crippen LogP contribution < -0.4 is 0 Å². The van der Waals surface area contributed by atoms with Crippen LogP contribution in [-0.2, 0) is 0 Å². The third-order valence-corrected chi connectivity index (χ3v) is 11.6. The number of hydrogen-bond acceptors (Lipinski definition) is 5. The van der Waals surface area contributed by atoms with Crippen molar-refractivity contribution in [1.29, 1.82) is 0 Å². The van der Waals surface area contributed by atoms with Crippen molar-refractivity contribution in [3.8, 4) is 101 Å². The monoisotopic (exact) mass is 817 g/mol. The minimum absolute atomic E-state index is 0.596. The van der Waals surface area contributed by atoms with Crippen molar-refractivity contribution in [3.05, 3.63) is 237 Å². The Morgan fingerprint density at radius 1 is 0.219 bits per heavy atom. The van der Waals surface area contributed by atoms with Crippen LogP contribution in [0, 0.1) is 0 Å². The van der Waals surface area contributed by atoms with Gasteiger partial charge in [-0.3, -0.25) is 4.98 Å². The topological polar surface area (TPSA) is 64.5 Å². The van der Waals surface area contributed by atoms with Crippen molar-refractivity contribution in [2.24, 2.45) is 0 Å². The summed E-state index contributed by atoms with van der Waals surface area (Å²) in [5.41, 5.74) is 15.0. The highest BCUT2D eigenvalue weighted by atomic mass is 15.0. The fourth-order valence-electron chi connectivity index (χ4n) is 8.45. The van der Waals surface area contributed by atoms with Gasteiger partial charge in [0.25, 0.3) is 0 Å². The van der Waals surface area contributed by atoms with Crippen molar-refractivity contribution in [3.63, 3.8) is 0 Å². The Kier molecular flexibility index (Phi) is 10.2. The van der Waals surface area contributed by atoms with Crippen LogP contribution in [0.1, 0.15) is 0 Å². The van der Waals surface area contributed by atoms with Crippen LogP contribution in [0.5, 0.6) is 0 Å². The molecule has 0 saturated heterocycles. The molecule has 0 amide bonds. The molecule has 0 aliphatic carbocycles. The van der Waals surface area contributed by atoms with Crippen molar-refractivity contribution in [2.75, 3.05) is 0 Å². The molecular formula is C59H39N5. The zero-order chi connectivity index (χ0) is 42.7. The van der Waals surface area contributed by atoms with Gasteiger partial charge in [0.1, 0.15) is 0 Å². The molecule has 0 spiro atoms. The summed E-state index contributed by atoms with van der Waals surface area (Å²) >= 11 is 0. The molecule has 0 bridgehead atoms. The van der Waals surface area contributed by atoms with E-state index in [9.17, 15) is 0 Å². The maximum Gasteiger partial charge on any atom is 0.164 e. The molecule has 11 rings (SSSR count). The Morgan fingerprint density at radius 3 is 1.38 bits per heavy atom. The molecule has 0 atom stereocenters. The van der Waals surface area contributed by atoms with Gasteiger partial charge in [0.2, 0.25) is 0 Å². The molecule has 8 aromatic carbocycles. The van der Waals surface area contributed by atoms with E-state index < -0.39 is 0 Å². The van der Waals surface area contributed by atoms with Gasteiger partial charge in [-0.1, -0.05) is 194 Å². The van der Waals surface area contributed by atoms with Crippen LogP contribution in [0.4, 0.5) is 0 Å². The molecule has 0 aliphatic rings. The molecule has 300 valence electrons. The van der Waals surface area contributed by atoms with Gasteiger partial charge >= 0.3 is 0 Å². The Hall–Kier alpha value is -8.67. The number of nitrogens with zero attached hydrogens (tertiary/aromatic N) is 5. The van der Waals surface area contributed by atoms with Gasteiger partial charge < -0.3 is 0 Å². The largest absolute Gasteiger partial charge is 0.256 e. The molecule has 0 radical (unpaired) electrons. The van der Waals surface area contributed by atoms with Crippen molar-refractivity contribution in [1.82, 2.24) is 24.9 Å². The van der Waals surface area contributed by atoms with Crippen LogP contribution in [0.15, 0.2) is 237 Å². The zero-order valence-corrected chi connectivity index (χ0v) is 34.8. The molecule has 0 saturated carbocycles. The summed E-state index contributed by atoms with van der Waals surface area (Å²) in [5, 5.41) is 2.38. The third kappa shape index (κ3) is 7.63. The van der Waals surface area contributed by atoms with Crippen LogP contribution in [-0.4, -0.2) is 24.9 Å². The summed E-state index contributed by atoms with van der Waals surface area (Å²) < 4.78 is 0. The second-order valence-corrected chi connectivity index (χ2v) is 15.7. The number of hydrogen-bond donors (Lipinski definition) is 0. The first-order valence-electron chi connectivity index (χ1n) is 21.4. The summed E-state index contributed by atoms with van der Waals surface area (Å²) in [6, 6.07) is 79.9.